The van der Waals surface area contributed by atoms with Crippen molar-refractivity contribution >= 4 is 6.09 Å². The zero-order valence-electron chi connectivity index (χ0n) is 16.5. The quantitative estimate of drug-likeness (QED) is 0.745. The maximum atomic E-state index is 14.1. The summed E-state index contributed by atoms with van der Waals surface area (Å²) in [5.74, 6) is -0.373. The number of hydrogen-bond donors (Lipinski definition) is 2. The lowest BCUT2D eigenvalue weighted by Crippen LogP contribution is -2.53. The van der Waals surface area contributed by atoms with Gasteiger partial charge in [0.25, 0.3) is 0 Å². The Hall–Kier alpha value is -2.48. The molecule has 7 heteroatoms. The molecular weight excluding hydrogens is 375 g/mol. The molecule has 1 saturated heterocycles. The number of amides is 1. The topological polar surface area (TPSA) is 71.0 Å². The number of halogens is 1. The Bertz CT molecular complexity index is 789. The van der Waals surface area contributed by atoms with Crippen LogP contribution in [0.5, 0.6) is 0 Å². The van der Waals surface area contributed by atoms with Gasteiger partial charge < -0.3 is 24.8 Å². The standard InChI is InChI=1S/C22H27FN2O4/c1-16(24-20(14-26)18-9-5-6-10-19(18)23)21-13-25(11-12-28-21)22(27)29-15-17-7-3-2-4-8-17/h2-10,16,20-21,24,26H,11-15H2,1H3/t16-,20+,21+/m0/s1. The molecule has 1 amide bonds. The average Bonchev–Trinajstić information content (AvgIpc) is 2.77. The molecule has 29 heavy (non-hydrogen) atoms. The normalized spacial score (nSPS) is 18.9. The van der Waals surface area contributed by atoms with E-state index in [0.29, 0.717) is 25.3 Å². The number of carbonyl (C=O) groups excluding carboxylic acids is 1. The largest absolute Gasteiger partial charge is 0.445 e. The second-order valence-electron chi connectivity index (χ2n) is 7.11. The van der Waals surface area contributed by atoms with Gasteiger partial charge in [0, 0.05) is 18.2 Å². The molecule has 0 aliphatic carbocycles. The van der Waals surface area contributed by atoms with Crippen LogP contribution in [0.25, 0.3) is 0 Å². The van der Waals surface area contributed by atoms with Gasteiger partial charge in [-0.25, -0.2) is 9.18 Å². The Balaban J connectivity index is 1.55. The number of benzene rings is 2. The highest BCUT2D eigenvalue weighted by Gasteiger charge is 2.30. The van der Waals surface area contributed by atoms with Gasteiger partial charge in [0.1, 0.15) is 12.4 Å². The number of morpholine rings is 1. The fourth-order valence-electron chi connectivity index (χ4n) is 3.38. The van der Waals surface area contributed by atoms with Crippen molar-refractivity contribution in [1.82, 2.24) is 10.2 Å². The highest BCUT2D eigenvalue weighted by Crippen LogP contribution is 2.19. The van der Waals surface area contributed by atoms with E-state index in [1.165, 1.54) is 6.07 Å². The summed E-state index contributed by atoms with van der Waals surface area (Å²) in [6.45, 7) is 3.06. The molecule has 1 aliphatic heterocycles. The van der Waals surface area contributed by atoms with Crippen molar-refractivity contribution < 1.29 is 23.8 Å². The minimum atomic E-state index is -0.560. The van der Waals surface area contributed by atoms with E-state index in [-0.39, 0.29) is 37.3 Å². The first-order chi connectivity index (χ1) is 14.1. The van der Waals surface area contributed by atoms with Crippen LogP contribution in [0, 0.1) is 5.82 Å². The summed E-state index contributed by atoms with van der Waals surface area (Å²) >= 11 is 0. The van der Waals surface area contributed by atoms with Crippen LogP contribution in [-0.4, -0.2) is 54.5 Å². The van der Waals surface area contributed by atoms with Gasteiger partial charge >= 0.3 is 6.09 Å². The van der Waals surface area contributed by atoms with Crippen LogP contribution >= 0.6 is 0 Å². The number of hydrogen-bond acceptors (Lipinski definition) is 5. The molecule has 2 aromatic rings. The van der Waals surface area contributed by atoms with Crippen LogP contribution in [0.15, 0.2) is 54.6 Å². The highest BCUT2D eigenvalue weighted by molar-refractivity contribution is 5.67. The molecule has 3 atom stereocenters. The molecule has 0 unspecified atom stereocenters. The molecule has 1 aliphatic rings. The van der Waals surface area contributed by atoms with Crippen LogP contribution < -0.4 is 5.32 Å². The number of carbonyl (C=O) groups is 1. The summed E-state index contributed by atoms with van der Waals surface area (Å²) in [5.41, 5.74) is 1.33. The molecule has 2 aromatic carbocycles. The first kappa shape index (κ1) is 21.2. The number of aliphatic hydroxyl groups is 1. The lowest BCUT2D eigenvalue weighted by Gasteiger charge is -2.36. The summed E-state index contributed by atoms with van der Waals surface area (Å²) in [7, 11) is 0. The summed E-state index contributed by atoms with van der Waals surface area (Å²) < 4.78 is 25.3. The number of aliphatic hydroxyl groups excluding tert-OH is 1. The summed E-state index contributed by atoms with van der Waals surface area (Å²) in [5, 5.41) is 12.9. The molecule has 0 radical (unpaired) electrons. The van der Waals surface area contributed by atoms with Crippen LogP contribution in [0.2, 0.25) is 0 Å². The predicted octanol–water partition coefficient (Wildman–Crippen LogP) is 2.87. The number of ether oxygens (including phenoxy) is 2. The molecule has 0 bridgehead atoms. The minimum absolute atomic E-state index is 0.212. The number of rotatable bonds is 7. The minimum Gasteiger partial charge on any atom is -0.445 e. The summed E-state index contributed by atoms with van der Waals surface area (Å²) in [6.07, 6.45) is -0.684. The molecule has 1 fully saturated rings. The van der Waals surface area contributed by atoms with Gasteiger partial charge in [-0.1, -0.05) is 48.5 Å². The number of nitrogens with one attached hydrogen (secondary N) is 1. The van der Waals surface area contributed by atoms with Gasteiger partial charge in [0.15, 0.2) is 0 Å². The van der Waals surface area contributed by atoms with Crippen molar-refractivity contribution in [2.24, 2.45) is 0 Å². The van der Waals surface area contributed by atoms with Crippen molar-refractivity contribution in [2.75, 3.05) is 26.3 Å². The molecule has 0 aromatic heterocycles. The molecule has 1 heterocycles. The van der Waals surface area contributed by atoms with Gasteiger partial charge in [-0.15, -0.1) is 0 Å². The van der Waals surface area contributed by atoms with E-state index in [1.807, 2.05) is 37.3 Å². The van der Waals surface area contributed by atoms with E-state index in [0.717, 1.165) is 5.56 Å². The Kier molecular flexibility index (Phi) is 7.57. The second kappa shape index (κ2) is 10.3. The van der Waals surface area contributed by atoms with Gasteiger partial charge in [-0.2, -0.15) is 0 Å². The van der Waals surface area contributed by atoms with Crippen LogP contribution in [-0.2, 0) is 16.1 Å². The van der Waals surface area contributed by atoms with Crippen LogP contribution in [0.1, 0.15) is 24.1 Å². The van der Waals surface area contributed by atoms with Gasteiger partial charge in [0.2, 0.25) is 0 Å². The fourth-order valence-corrected chi connectivity index (χ4v) is 3.38. The molecule has 0 saturated carbocycles. The summed E-state index contributed by atoms with van der Waals surface area (Å²) in [4.78, 5) is 14.0. The third-order valence-corrected chi connectivity index (χ3v) is 5.04. The molecule has 3 rings (SSSR count). The Morgan fingerprint density at radius 2 is 2.00 bits per heavy atom. The third-order valence-electron chi connectivity index (χ3n) is 5.04. The van der Waals surface area contributed by atoms with E-state index >= 15 is 0 Å². The van der Waals surface area contributed by atoms with Crippen molar-refractivity contribution in [1.29, 1.82) is 0 Å². The smallest absolute Gasteiger partial charge is 0.410 e. The summed E-state index contributed by atoms with van der Waals surface area (Å²) in [6, 6.07) is 15.1. The van der Waals surface area contributed by atoms with E-state index in [1.54, 1.807) is 23.1 Å². The Morgan fingerprint density at radius 1 is 1.28 bits per heavy atom. The van der Waals surface area contributed by atoms with Gasteiger partial charge in [0.05, 0.1) is 31.9 Å². The monoisotopic (exact) mass is 402 g/mol. The molecule has 0 spiro atoms. The highest BCUT2D eigenvalue weighted by atomic mass is 19.1. The maximum absolute atomic E-state index is 14.1. The van der Waals surface area contributed by atoms with Crippen LogP contribution in [0.3, 0.4) is 0 Å². The van der Waals surface area contributed by atoms with E-state index in [4.69, 9.17) is 9.47 Å². The Labute approximate surface area is 170 Å². The molecular formula is C22H27FN2O4. The molecule has 6 nitrogen and oxygen atoms in total. The van der Waals surface area contributed by atoms with E-state index in [9.17, 15) is 14.3 Å². The van der Waals surface area contributed by atoms with Gasteiger partial charge in [-0.3, -0.25) is 0 Å². The zero-order chi connectivity index (χ0) is 20.6. The third kappa shape index (κ3) is 5.76. The first-order valence-corrected chi connectivity index (χ1v) is 9.77. The maximum Gasteiger partial charge on any atom is 0.410 e. The Morgan fingerprint density at radius 3 is 2.72 bits per heavy atom. The molecule has 156 valence electrons. The SMILES string of the molecule is C[C@H](N[C@H](CO)c1ccccc1F)[C@H]1CN(C(=O)OCc2ccccc2)CCO1. The fraction of sp³-hybridized carbons (Fsp3) is 0.409. The number of nitrogens with zero attached hydrogens (tertiary/aromatic N) is 1. The zero-order valence-corrected chi connectivity index (χ0v) is 16.5. The van der Waals surface area contributed by atoms with Crippen molar-refractivity contribution in [3.63, 3.8) is 0 Å². The van der Waals surface area contributed by atoms with Crippen molar-refractivity contribution in [2.45, 2.75) is 31.7 Å². The van der Waals surface area contributed by atoms with Gasteiger partial charge in [-0.05, 0) is 18.6 Å². The van der Waals surface area contributed by atoms with E-state index < -0.39 is 6.04 Å². The lowest BCUT2D eigenvalue weighted by atomic mass is 10.0. The molecule has 2 N–H and O–H groups in total. The second-order valence-corrected chi connectivity index (χ2v) is 7.11. The van der Waals surface area contributed by atoms with Crippen molar-refractivity contribution in [3.05, 3.63) is 71.5 Å². The lowest BCUT2D eigenvalue weighted by molar-refractivity contribution is -0.0442. The predicted molar refractivity (Wildman–Crippen MR) is 107 cm³/mol. The average molecular weight is 402 g/mol. The van der Waals surface area contributed by atoms with Crippen LogP contribution in [0.4, 0.5) is 9.18 Å². The first-order valence-electron chi connectivity index (χ1n) is 9.77. The van der Waals surface area contributed by atoms with Crippen molar-refractivity contribution in [3.8, 4) is 0 Å². The van der Waals surface area contributed by atoms with E-state index in [2.05, 4.69) is 5.32 Å².